The molecule has 1 aromatic heterocycles. The molecule has 2 aliphatic heterocycles. The zero-order chi connectivity index (χ0) is 17.7. The maximum atomic E-state index is 12.9. The lowest BCUT2D eigenvalue weighted by molar-refractivity contribution is -0.123. The Morgan fingerprint density at radius 1 is 1.32 bits per heavy atom. The predicted octanol–water partition coefficient (Wildman–Crippen LogP) is 2.53. The van der Waals surface area contributed by atoms with Gasteiger partial charge in [0.2, 0.25) is 5.91 Å². The van der Waals surface area contributed by atoms with Gasteiger partial charge in [-0.05, 0) is 39.5 Å². The Balaban J connectivity index is 1.60. The number of halogens is 2. The molecule has 0 radical (unpaired) electrons. The fourth-order valence-corrected chi connectivity index (χ4v) is 4.16. The van der Waals surface area contributed by atoms with Gasteiger partial charge in [-0.3, -0.25) is 19.2 Å². The Bertz CT molecular complexity index is 882. The fraction of sp³-hybridized carbons (Fsp3) is 0.353. The number of hydrogen-bond donors (Lipinski definition) is 0. The number of carbonyl (C=O) groups is 2. The highest BCUT2D eigenvalue weighted by molar-refractivity contribution is 9.10. The van der Waals surface area contributed by atoms with E-state index < -0.39 is 6.04 Å². The number of anilines is 1. The summed E-state index contributed by atoms with van der Waals surface area (Å²) in [6, 6.07) is 3.56. The molecule has 8 heteroatoms. The van der Waals surface area contributed by atoms with Crippen LogP contribution in [0.3, 0.4) is 0 Å². The summed E-state index contributed by atoms with van der Waals surface area (Å²) < 4.78 is 2.43. The van der Waals surface area contributed by atoms with Gasteiger partial charge in [0.1, 0.15) is 0 Å². The molecule has 0 N–H and O–H groups in total. The summed E-state index contributed by atoms with van der Waals surface area (Å²) in [7, 11) is 1.76. The van der Waals surface area contributed by atoms with E-state index in [1.54, 1.807) is 17.9 Å². The van der Waals surface area contributed by atoms with Crippen LogP contribution in [0.1, 0.15) is 17.5 Å². The molecule has 2 aliphatic rings. The van der Waals surface area contributed by atoms with Gasteiger partial charge in [0, 0.05) is 30.8 Å². The molecule has 3 heterocycles. The molecular weight excluding hydrogens is 408 g/mol. The first kappa shape index (κ1) is 16.8. The highest BCUT2D eigenvalue weighted by Crippen LogP contribution is 2.35. The van der Waals surface area contributed by atoms with Crippen LogP contribution in [0.5, 0.6) is 0 Å². The molecule has 0 saturated carbocycles. The number of imide groups is 1. The molecule has 130 valence electrons. The van der Waals surface area contributed by atoms with Crippen molar-refractivity contribution in [1.82, 2.24) is 14.7 Å². The first-order chi connectivity index (χ1) is 12.0. The van der Waals surface area contributed by atoms with Crippen molar-refractivity contribution in [3.8, 4) is 0 Å². The minimum atomic E-state index is -0.448. The molecular formula is C17H16BrClN4O2. The lowest BCUT2D eigenvalue weighted by Crippen LogP contribution is -2.44. The Hall–Kier alpha value is -1.70. The number of nitrogens with zero attached hydrogens (tertiary/aromatic N) is 4. The predicted molar refractivity (Wildman–Crippen MR) is 97.4 cm³/mol. The number of aryl methyl sites for hydroxylation is 1. The zero-order valence-corrected chi connectivity index (χ0v) is 15.9. The third-order valence-corrected chi connectivity index (χ3v) is 6.16. The Morgan fingerprint density at radius 3 is 2.84 bits per heavy atom. The number of carbonyl (C=O) groups excluding carboxylic acids is 2. The summed E-state index contributed by atoms with van der Waals surface area (Å²) in [6.07, 6.45) is 4.22. The van der Waals surface area contributed by atoms with Gasteiger partial charge in [0.15, 0.2) is 0 Å². The van der Waals surface area contributed by atoms with E-state index in [1.165, 1.54) is 16.7 Å². The fourth-order valence-electron chi connectivity index (χ4n) is 3.55. The van der Waals surface area contributed by atoms with Crippen molar-refractivity contribution in [2.45, 2.75) is 25.4 Å². The number of rotatable bonds is 2. The standard InChI is InChI=1S/C17H16BrClN4O2/c1-21-8-11(7-20-21)23-15(24)6-14(17(23)25)22-5-4-10-2-3-13(18)16(19)12(10)9-22/h2-3,7-8,14H,4-6,9H2,1H3. The summed E-state index contributed by atoms with van der Waals surface area (Å²) in [5.41, 5.74) is 2.76. The number of aromatic nitrogens is 2. The molecule has 1 saturated heterocycles. The summed E-state index contributed by atoms with van der Waals surface area (Å²) >= 11 is 9.88. The third kappa shape index (κ3) is 2.80. The van der Waals surface area contributed by atoms with Gasteiger partial charge in [0.25, 0.3) is 5.91 Å². The molecule has 1 fully saturated rings. The lowest BCUT2D eigenvalue weighted by atomic mass is 9.98. The van der Waals surface area contributed by atoms with E-state index in [2.05, 4.69) is 32.0 Å². The van der Waals surface area contributed by atoms with E-state index in [0.717, 1.165) is 23.0 Å². The Morgan fingerprint density at radius 2 is 2.12 bits per heavy atom. The minimum absolute atomic E-state index is 0.186. The van der Waals surface area contributed by atoms with Crippen LogP contribution >= 0.6 is 27.5 Å². The summed E-state index contributed by atoms with van der Waals surface area (Å²) in [4.78, 5) is 28.6. The van der Waals surface area contributed by atoms with Crippen molar-refractivity contribution >= 4 is 45.0 Å². The van der Waals surface area contributed by atoms with Crippen molar-refractivity contribution < 1.29 is 9.59 Å². The van der Waals surface area contributed by atoms with Crippen LogP contribution in [0.4, 0.5) is 5.69 Å². The van der Waals surface area contributed by atoms with Gasteiger partial charge >= 0.3 is 0 Å². The van der Waals surface area contributed by atoms with Gasteiger partial charge in [-0.25, -0.2) is 4.90 Å². The second kappa shape index (κ2) is 6.23. The van der Waals surface area contributed by atoms with Crippen molar-refractivity contribution in [2.24, 2.45) is 7.05 Å². The lowest BCUT2D eigenvalue weighted by Gasteiger charge is -2.32. The maximum absolute atomic E-state index is 12.9. The van der Waals surface area contributed by atoms with Crippen LogP contribution in [0.2, 0.25) is 5.02 Å². The molecule has 2 amide bonds. The largest absolute Gasteiger partial charge is 0.287 e. The highest BCUT2D eigenvalue weighted by atomic mass is 79.9. The van der Waals surface area contributed by atoms with Crippen molar-refractivity contribution in [2.75, 3.05) is 11.4 Å². The SMILES string of the molecule is Cn1cc(N2C(=O)CC(N3CCc4ccc(Br)c(Cl)c4C3)C2=O)cn1. The minimum Gasteiger partial charge on any atom is -0.287 e. The quantitative estimate of drug-likeness (QED) is 0.697. The van der Waals surface area contributed by atoms with Gasteiger partial charge in [0.05, 0.1) is 29.4 Å². The molecule has 6 nitrogen and oxygen atoms in total. The monoisotopic (exact) mass is 422 g/mol. The first-order valence-electron chi connectivity index (χ1n) is 8.01. The molecule has 25 heavy (non-hydrogen) atoms. The molecule has 0 spiro atoms. The number of fused-ring (bicyclic) bond motifs is 1. The average Bonchev–Trinajstić information content (AvgIpc) is 3.14. The van der Waals surface area contributed by atoms with E-state index in [0.29, 0.717) is 17.3 Å². The van der Waals surface area contributed by atoms with E-state index in [-0.39, 0.29) is 18.2 Å². The topological polar surface area (TPSA) is 58.4 Å². The van der Waals surface area contributed by atoms with Crippen LogP contribution in [0.15, 0.2) is 29.0 Å². The Labute approximate surface area is 158 Å². The zero-order valence-electron chi connectivity index (χ0n) is 13.6. The van der Waals surface area contributed by atoms with Gasteiger partial charge in [-0.1, -0.05) is 17.7 Å². The third-order valence-electron chi connectivity index (χ3n) is 4.84. The van der Waals surface area contributed by atoms with Crippen LogP contribution in [-0.4, -0.2) is 39.1 Å². The maximum Gasteiger partial charge on any atom is 0.251 e. The van der Waals surface area contributed by atoms with Crippen molar-refractivity contribution in [3.63, 3.8) is 0 Å². The summed E-state index contributed by atoms with van der Waals surface area (Å²) in [5, 5.41) is 4.74. The van der Waals surface area contributed by atoms with Crippen LogP contribution in [0.25, 0.3) is 0 Å². The molecule has 2 aromatic rings. The highest BCUT2D eigenvalue weighted by Gasteiger charge is 2.44. The number of hydrogen-bond acceptors (Lipinski definition) is 4. The Kier molecular flexibility index (Phi) is 4.17. The van der Waals surface area contributed by atoms with E-state index >= 15 is 0 Å². The van der Waals surface area contributed by atoms with Crippen molar-refractivity contribution in [1.29, 1.82) is 0 Å². The van der Waals surface area contributed by atoms with E-state index in [4.69, 9.17) is 11.6 Å². The number of amides is 2. The molecule has 0 bridgehead atoms. The van der Waals surface area contributed by atoms with Crippen LogP contribution in [0, 0.1) is 0 Å². The normalized spacial score (nSPS) is 21.1. The van der Waals surface area contributed by atoms with Crippen molar-refractivity contribution in [3.05, 3.63) is 45.1 Å². The summed E-state index contributed by atoms with van der Waals surface area (Å²) in [5.74, 6) is -0.373. The molecule has 1 atom stereocenters. The molecule has 4 rings (SSSR count). The van der Waals surface area contributed by atoms with Gasteiger partial charge < -0.3 is 0 Å². The number of benzene rings is 1. The van der Waals surface area contributed by atoms with E-state index in [1.807, 2.05) is 6.07 Å². The average molecular weight is 424 g/mol. The second-order valence-corrected chi connectivity index (χ2v) is 7.61. The van der Waals surface area contributed by atoms with Gasteiger partial charge in [-0.15, -0.1) is 0 Å². The van der Waals surface area contributed by atoms with E-state index in [9.17, 15) is 9.59 Å². The molecule has 0 aliphatic carbocycles. The second-order valence-electron chi connectivity index (χ2n) is 6.38. The molecule has 1 unspecified atom stereocenters. The first-order valence-corrected chi connectivity index (χ1v) is 9.18. The van der Waals surface area contributed by atoms with Gasteiger partial charge in [-0.2, -0.15) is 5.10 Å². The van der Waals surface area contributed by atoms with Crippen LogP contribution in [-0.2, 0) is 29.6 Å². The van der Waals surface area contributed by atoms with Crippen LogP contribution < -0.4 is 4.90 Å². The smallest absolute Gasteiger partial charge is 0.251 e. The summed E-state index contributed by atoms with van der Waals surface area (Å²) in [6.45, 7) is 1.30. The molecule has 1 aromatic carbocycles.